The van der Waals surface area contributed by atoms with Gasteiger partial charge < -0.3 is 4.90 Å². The Balaban J connectivity index is 1.72. The van der Waals surface area contributed by atoms with Crippen molar-refractivity contribution in [1.29, 1.82) is 0 Å². The van der Waals surface area contributed by atoms with Crippen LogP contribution in [0.4, 0.5) is 5.69 Å². The molecule has 4 rings (SSSR count). The van der Waals surface area contributed by atoms with E-state index < -0.39 is 0 Å². The minimum Gasteiger partial charge on any atom is -0.305 e. The smallest absolute Gasteiger partial charge is 0.241 e. The quantitative estimate of drug-likeness (QED) is 0.800. The Morgan fingerprint density at radius 2 is 2.14 bits per heavy atom. The zero-order valence-electron chi connectivity index (χ0n) is 12.0. The Hall–Kier alpha value is -1.47. The molecule has 1 aromatic carbocycles. The third kappa shape index (κ3) is 2.52. The maximum atomic E-state index is 13.0. The van der Waals surface area contributed by atoms with E-state index in [4.69, 9.17) is 0 Å². The molecule has 22 heavy (non-hydrogen) atoms. The van der Waals surface area contributed by atoms with Gasteiger partial charge >= 0.3 is 0 Å². The molecular formula is C15H16N4OS2. The van der Waals surface area contributed by atoms with Gasteiger partial charge in [0, 0.05) is 22.9 Å². The van der Waals surface area contributed by atoms with Crippen LogP contribution < -0.4 is 4.90 Å². The second-order valence-corrected chi connectivity index (χ2v) is 7.83. The van der Waals surface area contributed by atoms with Crippen LogP contribution in [0, 0.1) is 0 Å². The molecule has 2 aliphatic rings. The Morgan fingerprint density at radius 1 is 1.23 bits per heavy atom. The highest BCUT2D eigenvalue weighted by molar-refractivity contribution is 8.07. The van der Waals surface area contributed by atoms with E-state index in [0.29, 0.717) is 13.1 Å². The standard InChI is InChI=1S/C15H16N4OS2/c20-15(14-10-21-5-6-22-14)18-9-12-7-16-17-19(12)8-11-3-1-2-4-13(11)18/h1-4,7,14H,5-6,8-10H2. The first-order valence-corrected chi connectivity index (χ1v) is 9.49. The molecule has 7 heteroatoms. The van der Waals surface area contributed by atoms with Gasteiger partial charge in [0.2, 0.25) is 5.91 Å². The van der Waals surface area contributed by atoms with Crippen LogP contribution in [0.15, 0.2) is 30.5 Å². The largest absolute Gasteiger partial charge is 0.305 e. The molecule has 2 aliphatic heterocycles. The van der Waals surface area contributed by atoms with E-state index in [-0.39, 0.29) is 11.2 Å². The van der Waals surface area contributed by atoms with Crippen molar-refractivity contribution >= 4 is 35.1 Å². The number of thioether (sulfide) groups is 2. The molecule has 0 spiro atoms. The van der Waals surface area contributed by atoms with E-state index >= 15 is 0 Å². The van der Waals surface area contributed by atoms with Crippen molar-refractivity contribution in [3.8, 4) is 0 Å². The fourth-order valence-corrected chi connectivity index (χ4v) is 5.46. The number of anilines is 1. The van der Waals surface area contributed by atoms with E-state index in [2.05, 4.69) is 16.4 Å². The van der Waals surface area contributed by atoms with Crippen molar-refractivity contribution in [2.24, 2.45) is 0 Å². The maximum Gasteiger partial charge on any atom is 0.241 e. The van der Waals surface area contributed by atoms with E-state index in [1.54, 1.807) is 18.0 Å². The Bertz CT molecular complexity index is 696. The number of amides is 1. The highest BCUT2D eigenvalue weighted by atomic mass is 32.2. The van der Waals surface area contributed by atoms with Crippen LogP contribution in [0.3, 0.4) is 0 Å². The maximum absolute atomic E-state index is 13.0. The van der Waals surface area contributed by atoms with Gasteiger partial charge in [0.05, 0.1) is 30.2 Å². The van der Waals surface area contributed by atoms with E-state index in [1.807, 2.05) is 39.5 Å². The lowest BCUT2D eigenvalue weighted by Crippen LogP contribution is -2.40. The third-order valence-electron chi connectivity index (χ3n) is 3.98. The average molecular weight is 332 g/mol. The SMILES string of the molecule is O=C(C1CSCCS1)N1Cc2cnnn2Cc2ccccc21. The molecule has 5 nitrogen and oxygen atoms in total. The highest BCUT2D eigenvalue weighted by Crippen LogP contribution is 2.31. The van der Waals surface area contributed by atoms with Gasteiger partial charge in [-0.3, -0.25) is 4.79 Å². The number of hydrogen-bond acceptors (Lipinski definition) is 5. The molecule has 1 amide bonds. The number of benzene rings is 1. The lowest BCUT2D eigenvalue weighted by atomic mass is 10.1. The molecule has 0 aliphatic carbocycles. The number of carbonyl (C=O) groups is 1. The van der Waals surface area contributed by atoms with Crippen molar-refractivity contribution in [2.45, 2.75) is 18.3 Å². The predicted octanol–water partition coefficient (Wildman–Crippen LogP) is 2.02. The van der Waals surface area contributed by atoms with Crippen LogP contribution in [0.25, 0.3) is 0 Å². The molecule has 0 radical (unpaired) electrons. The van der Waals surface area contributed by atoms with E-state index in [9.17, 15) is 4.79 Å². The number of aromatic nitrogens is 3. The summed E-state index contributed by atoms with van der Waals surface area (Å²) in [6.07, 6.45) is 1.76. The van der Waals surface area contributed by atoms with E-state index in [1.165, 1.54) is 0 Å². The molecule has 2 aromatic rings. The van der Waals surface area contributed by atoms with Crippen LogP contribution in [0.5, 0.6) is 0 Å². The summed E-state index contributed by atoms with van der Waals surface area (Å²) in [5.74, 6) is 3.30. The summed E-state index contributed by atoms with van der Waals surface area (Å²) in [5.41, 5.74) is 3.11. The van der Waals surface area contributed by atoms with Crippen molar-refractivity contribution < 1.29 is 4.79 Å². The second-order valence-electron chi connectivity index (χ2n) is 5.37. The van der Waals surface area contributed by atoms with Crippen LogP contribution >= 0.6 is 23.5 Å². The van der Waals surface area contributed by atoms with Crippen molar-refractivity contribution in [3.05, 3.63) is 41.7 Å². The summed E-state index contributed by atoms with van der Waals surface area (Å²) < 4.78 is 1.88. The van der Waals surface area contributed by atoms with Crippen LogP contribution in [-0.4, -0.2) is 43.4 Å². The lowest BCUT2D eigenvalue weighted by Gasteiger charge is -2.28. The molecule has 0 N–H and O–H groups in total. The first kappa shape index (κ1) is 14.1. The van der Waals surface area contributed by atoms with Gasteiger partial charge in [-0.05, 0) is 11.6 Å². The molecule has 1 fully saturated rings. The molecule has 1 aromatic heterocycles. The number of hydrogen-bond donors (Lipinski definition) is 0. The van der Waals surface area contributed by atoms with Gasteiger partial charge in [-0.2, -0.15) is 11.8 Å². The number of para-hydroxylation sites is 1. The van der Waals surface area contributed by atoms with Crippen LogP contribution in [-0.2, 0) is 17.9 Å². The van der Waals surface area contributed by atoms with E-state index in [0.717, 1.165) is 34.2 Å². The van der Waals surface area contributed by atoms with Gasteiger partial charge in [0.15, 0.2) is 0 Å². The average Bonchev–Trinajstić information content (AvgIpc) is 2.94. The summed E-state index contributed by atoms with van der Waals surface area (Å²) in [6.45, 7) is 1.21. The Kier molecular flexibility index (Phi) is 3.83. The zero-order valence-corrected chi connectivity index (χ0v) is 13.6. The summed E-state index contributed by atoms with van der Waals surface area (Å²) in [5, 5.41) is 8.18. The minimum absolute atomic E-state index is 0.0502. The number of carbonyl (C=O) groups excluding carboxylic acids is 1. The Labute approximate surface area is 137 Å². The lowest BCUT2D eigenvalue weighted by molar-refractivity contribution is -0.117. The van der Waals surface area contributed by atoms with Gasteiger partial charge in [0.25, 0.3) is 0 Å². The fourth-order valence-electron chi connectivity index (χ4n) is 2.85. The number of nitrogens with zero attached hydrogens (tertiary/aromatic N) is 4. The second kappa shape index (κ2) is 5.96. The van der Waals surface area contributed by atoms with Crippen molar-refractivity contribution in [1.82, 2.24) is 15.0 Å². The monoisotopic (exact) mass is 332 g/mol. The number of fused-ring (bicyclic) bond motifs is 2. The molecule has 0 saturated carbocycles. The van der Waals surface area contributed by atoms with Crippen molar-refractivity contribution in [2.75, 3.05) is 22.2 Å². The first-order chi connectivity index (χ1) is 10.8. The van der Waals surface area contributed by atoms with Crippen LogP contribution in [0.1, 0.15) is 11.3 Å². The molecule has 1 atom stereocenters. The van der Waals surface area contributed by atoms with Gasteiger partial charge in [0.1, 0.15) is 0 Å². The molecule has 0 bridgehead atoms. The van der Waals surface area contributed by atoms with Gasteiger partial charge in [-0.15, -0.1) is 16.9 Å². The summed E-state index contributed by atoms with van der Waals surface area (Å²) in [4.78, 5) is 15.0. The number of rotatable bonds is 1. The molecule has 3 heterocycles. The predicted molar refractivity (Wildman–Crippen MR) is 90.3 cm³/mol. The summed E-state index contributed by atoms with van der Waals surface area (Å²) >= 11 is 3.65. The highest BCUT2D eigenvalue weighted by Gasteiger charge is 2.31. The summed E-state index contributed by atoms with van der Waals surface area (Å²) in [7, 11) is 0. The molecule has 1 unspecified atom stereocenters. The fraction of sp³-hybridized carbons (Fsp3) is 0.400. The summed E-state index contributed by atoms with van der Waals surface area (Å²) in [6, 6.07) is 8.10. The van der Waals surface area contributed by atoms with Crippen molar-refractivity contribution in [3.63, 3.8) is 0 Å². The molecular weight excluding hydrogens is 316 g/mol. The van der Waals surface area contributed by atoms with Crippen LogP contribution in [0.2, 0.25) is 0 Å². The third-order valence-corrected chi connectivity index (χ3v) is 6.72. The van der Waals surface area contributed by atoms with Gasteiger partial charge in [-0.1, -0.05) is 23.4 Å². The molecule has 1 saturated heterocycles. The minimum atomic E-state index is 0.0502. The zero-order chi connectivity index (χ0) is 14.9. The molecule has 114 valence electrons. The normalized spacial score (nSPS) is 20.9. The van der Waals surface area contributed by atoms with Gasteiger partial charge in [-0.25, -0.2) is 4.68 Å². The Morgan fingerprint density at radius 3 is 3.00 bits per heavy atom. The first-order valence-electron chi connectivity index (χ1n) is 7.29. The topological polar surface area (TPSA) is 51.0 Å².